The van der Waals surface area contributed by atoms with Crippen LogP contribution in [0.25, 0.3) is 0 Å². The Morgan fingerprint density at radius 1 is 1.12 bits per heavy atom. The Kier molecular flexibility index (Phi) is 10.7. The van der Waals surface area contributed by atoms with Crippen LogP contribution in [0.2, 0.25) is 0 Å². The van der Waals surface area contributed by atoms with Gasteiger partial charge in [0, 0.05) is 5.97 Å². The van der Waals surface area contributed by atoms with Crippen LogP contribution in [0.5, 0.6) is 0 Å². The van der Waals surface area contributed by atoms with Gasteiger partial charge < -0.3 is 9.90 Å². The molecule has 1 fully saturated rings. The van der Waals surface area contributed by atoms with Crippen molar-refractivity contribution in [1.29, 1.82) is 0 Å². The minimum absolute atomic E-state index is 0. The smallest absolute Gasteiger partial charge is 0.550 e. The molecule has 17 heavy (non-hydrogen) atoms. The molecule has 0 aromatic carbocycles. The number of carbonyl (C=O) groups excluding carboxylic acids is 1. The zero-order valence-electron chi connectivity index (χ0n) is 11.5. The first-order valence-electron chi connectivity index (χ1n) is 6.92. The summed E-state index contributed by atoms with van der Waals surface area (Å²) in [5.74, 6) is 0.946. The normalized spacial score (nSPS) is 23.4. The zero-order chi connectivity index (χ0) is 11.8. The molecule has 0 aromatic rings. The predicted molar refractivity (Wildman–Crippen MR) is 63.8 cm³/mol. The summed E-state index contributed by atoms with van der Waals surface area (Å²) in [6.45, 7) is 2.26. The summed E-state index contributed by atoms with van der Waals surface area (Å²) < 4.78 is 0. The van der Waals surface area contributed by atoms with E-state index in [1.807, 2.05) is 0 Å². The van der Waals surface area contributed by atoms with Gasteiger partial charge in [-0.15, -0.1) is 0 Å². The first kappa shape index (κ1) is 17.5. The van der Waals surface area contributed by atoms with Crippen molar-refractivity contribution < 1.29 is 39.5 Å². The molecule has 1 saturated carbocycles. The molecular formula is C14H25NaO2. The molecule has 0 heterocycles. The summed E-state index contributed by atoms with van der Waals surface area (Å²) in [6, 6.07) is 0. The minimum Gasteiger partial charge on any atom is -0.550 e. The maximum Gasteiger partial charge on any atom is 1.00 e. The summed E-state index contributed by atoms with van der Waals surface area (Å²) in [6.07, 6.45) is 11.6. The van der Waals surface area contributed by atoms with E-state index in [0.717, 1.165) is 24.7 Å². The third-order valence-electron chi connectivity index (χ3n) is 3.86. The van der Waals surface area contributed by atoms with E-state index in [4.69, 9.17) is 0 Å². The maximum atomic E-state index is 10.3. The largest absolute Gasteiger partial charge is 1.00 e. The van der Waals surface area contributed by atoms with Crippen LogP contribution in [0.1, 0.15) is 71.1 Å². The van der Waals surface area contributed by atoms with E-state index in [9.17, 15) is 9.90 Å². The molecule has 2 unspecified atom stereocenters. The monoisotopic (exact) mass is 248 g/mol. The molecule has 1 aliphatic rings. The van der Waals surface area contributed by atoms with Gasteiger partial charge in [0.15, 0.2) is 0 Å². The fourth-order valence-electron chi connectivity index (χ4n) is 2.90. The summed E-state index contributed by atoms with van der Waals surface area (Å²) in [7, 11) is 0. The van der Waals surface area contributed by atoms with Crippen molar-refractivity contribution in [3.05, 3.63) is 0 Å². The van der Waals surface area contributed by atoms with Crippen LogP contribution < -0.4 is 34.7 Å². The Balaban J connectivity index is 0.00000256. The molecule has 3 heteroatoms. The molecule has 94 valence electrons. The van der Waals surface area contributed by atoms with Crippen LogP contribution in [-0.2, 0) is 4.79 Å². The van der Waals surface area contributed by atoms with Gasteiger partial charge in [-0.3, -0.25) is 0 Å². The van der Waals surface area contributed by atoms with Crippen molar-refractivity contribution in [3.8, 4) is 0 Å². The average Bonchev–Trinajstić information content (AvgIpc) is 2.69. The van der Waals surface area contributed by atoms with E-state index < -0.39 is 5.97 Å². The van der Waals surface area contributed by atoms with E-state index in [2.05, 4.69) is 6.92 Å². The molecule has 0 amide bonds. The number of hydrogen-bond donors (Lipinski definition) is 0. The number of unbranched alkanes of at least 4 members (excludes halogenated alkanes) is 2. The second-order valence-corrected chi connectivity index (χ2v) is 5.31. The predicted octanol–water partition coefficient (Wildman–Crippen LogP) is -0.0928. The van der Waals surface area contributed by atoms with Crippen LogP contribution in [0.4, 0.5) is 0 Å². The van der Waals surface area contributed by atoms with Crippen LogP contribution in [-0.4, -0.2) is 5.97 Å². The quantitative estimate of drug-likeness (QED) is 0.445. The fourth-order valence-corrected chi connectivity index (χ4v) is 2.90. The Bertz CT molecular complexity index is 206. The van der Waals surface area contributed by atoms with Crippen molar-refractivity contribution in [3.63, 3.8) is 0 Å². The van der Waals surface area contributed by atoms with Gasteiger partial charge in [0.25, 0.3) is 0 Å². The third kappa shape index (κ3) is 8.23. The van der Waals surface area contributed by atoms with Crippen molar-refractivity contribution in [2.75, 3.05) is 0 Å². The van der Waals surface area contributed by atoms with Crippen molar-refractivity contribution in [2.24, 2.45) is 11.8 Å². The summed E-state index contributed by atoms with van der Waals surface area (Å²) in [5, 5.41) is 10.3. The number of carboxylic acids is 1. The molecule has 0 N–H and O–H groups in total. The van der Waals surface area contributed by atoms with Gasteiger partial charge in [0.2, 0.25) is 0 Å². The fraction of sp³-hybridized carbons (Fsp3) is 0.929. The molecule has 0 bridgehead atoms. The molecule has 0 aliphatic heterocycles. The Hall–Kier alpha value is 0.470. The van der Waals surface area contributed by atoms with E-state index in [1.54, 1.807) is 0 Å². The van der Waals surface area contributed by atoms with E-state index in [-0.39, 0.29) is 36.0 Å². The first-order chi connectivity index (χ1) is 7.72. The number of carboxylic acid groups (broad SMARTS) is 1. The molecule has 0 spiro atoms. The molecular weight excluding hydrogens is 223 g/mol. The van der Waals surface area contributed by atoms with Crippen molar-refractivity contribution in [1.82, 2.24) is 0 Å². The molecule has 2 atom stereocenters. The number of hydrogen-bond acceptors (Lipinski definition) is 2. The average molecular weight is 248 g/mol. The maximum absolute atomic E-state index is 10.3. The Morgan fingerprint density at radius 3 is 2.24 bits per heavy atom. The van der Waals surface area contributed by atoms with E-state index in [1.165, 1.54) is 44.9 Å². The molecule has 0 saturated heterocycles. The van der Waals surface area contributed by atoms with Gasteiger partial charge in [-0.05, 0) is 31.1 Å². The summed E-state index contributed by atoms with van der Waals surface area (Å²) in [5.41, 5.74) is 0. The third-order valence-corrected chi connectivity index (χ3v) is 3.86. The summed E-state index contributed by atoms with van der Waals surface area (Å²) >= 11 is 0. The number of carbonyl (C=O) groups is 1. The Morgan fingerprint density at radius 2 is 1.71 bits per heavy atom. The van der Waals surface area contributed by atoms with E-state index >= 15 is 0 Å². The molecule has 0 aromatic heterocycles. The van der Waals surface area contributed by atoms with Gasteiger partial charge in [-0.1, -0.05) is 51.9 Å². The van der Waals surface area contributed by atoms with Gasteiger partial charge in [-0.2, -0.15) is 0 Å². The number of rotatable bonds is 8. The van der Waals surface area contributed by atoms with Crippen LogP contribution in [0.15, 0.2) is 0 Å². The summed E-state index contributed by atoms with van der Waals surface area (Å²) in [4.78, 5) is 10.3. The molecule has 2 nitrogen and oxygen atoms in total. The van der Waals surface area contributed by atoms with Crippen LogP contribution in [0, 0.1) is 11.8 Å². The molecule has 0 radical (unpaired) electrons. The second-order valence-electron chi connectivity index (χ2n) is 5.31. The topological polar surface area (TPSA) is 40.1 Å². The SMILES string of the molecule is CCCCC1CCC(CCCCC(=O)[O-])C1.[Na+]. The van der Waals surface area contributed by atoms with Gasteiger partial charge >= 0.3 is 29.6 Å². The molecule has 1 aliphatic carbocycles. The minimum atomic E-state index is -0.896. The van der Waals surface area contributed by atoms with Crippen LogP contribution >= 0.6 is 0 Å². The van der Waals surface area contributed by atoms with Crippen molar-refractivity contribution >= 4 is 5.97 Å². The Labute approximate surface area is 128 Å². The van der Waals surface area contributed by atoms with Crippen molar-refractivity contribution in [2.45, 2.75) is 71.1 Å². The zero-order valence-corrected chi connectivity index (χ0v) is 13.5. The standard InChI is InChI=1S/C14H26O2.Na/c1-2-3-6-12-9-10-13(11-12)7-4-5-8-14(15)16;/h12-13H,2-11H2,1H3,(H,15,16);/q;+1/p-1. The molecule has 1 rings (SSSR count). The van der Waals surface area contributed by atoms with Gasteiger partial charge in [0.1, 0.15) is 0 Å². The van der Waals surface area contributed by atoms with Crippen LogP contribution in [0.3, 0.4) is 0 Å². The number of aliphatic carboxylic acids is 1. The van der Waals surface area contributed by atoms with Gasteiger partial charge in [0.05, 0.1) is 0 Å². The first-order valence-corrected chi connectivity index (χ1v) is 6.92. The second kappa shape index (κ2) is 10.4. The van der Waals surface area contributed by atoms with E-state index in [0.29, 0.717) is 0 Å². The van der Waals surface area contributed by atoms with Gasteiger partial charge in [-0.25, -0.2) is 0 Å².